The molecule has 0 spiro atoms. The molecule has 78 valence electrons. The molecule has 0 amide bonds. The van der Waals surface area contributed by atoms with E-state index in [1.54, 1.807) is 0 Å². The van der Waals surface area contributed by atoms with Crippen molar-refractivity contribution in [1.82, 2.24) is 4.90 Å². The van der Waals surface area contributed by atoms with Gasteiger partial charge >= 0.3 is 0 Å². The first-order valence-electron chi connectivity index (χ1n) is 4.75. The lowest BCUT2D eigenvalue weighted by Crippen LogP contribution is -2.43. The molecule has 0 aliphatic carbocycles. The first-order chi connectivity index (χ1) is 6.36. The topological polar surface area (TPSA) is 12.5 Å². The van der Waals surface area contributed by atoms with Crippen LogP contribution in [-0.2, 0) is 4.74 Å². The average Bonchev–Trinajstić information content (AvgIpc) is 2.19. The fraction of sp³-hybridized carbons (Fsp3) is 1.00. The van der Waals surface area contributed by atoms with Crippen LogP contribution in [0.4, 0.5) is 0 Å². The summed E-state index contributed by atoms with van der Waals surface area (Å²) in [7, 11) is 0. The van der Waals surface area contributed by atoms with Crippen molar-refractivity contribution in [3.8, 4) is 0 Å². The Balaban J connectivity index is 2.11. The van der Waals surface area contributed by atoms with Gasteiger partial charge in [0.05, 0.1) is 12.7 Å². The SMILES string of the molecule is CSCCCN1CCOC(CCl)C1. The zero-order valence-electron chi connectivity index (χ0n) is 8.17. The van der Waals surface area contributed by atoms with Crippen LogP contribution in [0.2, 0.25) is 0 Å². The normalized spacial score (nSPS) is 24.9. The number of ether oxygens (including phenoxy) is 1. The molecule has 1 aliphatic rings. The predicted molar refractivity (Wildman–Crippen MR) is 59.9 cm³/mol. The first kappa shape index (κ1) is 11.6. The molecule has 1 atom stereocenters. The van der Waals surface area contributed by atoms with Gasteiger partial charge in [0.1, 0.15) is 0 Å². The Morgan fingerprint density at radius 1 is 1.62 bits per heavy atom. The quantitative estimate of drug-likeness (QED) is 0.520. The third kappa shape index (κ3) is 4.54. The third-order valence-electron chi connectivity index (χ3n) is 2.22. The maximum atomic E-state index is 5.75. The van der Waals surface area contributed by atoms with Gasteiger partial charge in [-0.05, 0) is 25.0 Å². The lowest BCUT2D eigenvalue weighted by molar-refractivity contribution is -0.0161. The van der Waals surface area contributed by atoms with Gasteiger partial charge in [0.2, 0.25) is 0 Å². The van der Waals surface area contributed by atoms with Crippen LogP contribution < -0.4 is 0 Å². The number of morpholine rings is 1. The minimum absolute atomic E-state index is 0.254. The van der Waals surface area contributed by atoms with Crippen LogP contribution in [0.1, 0.15) is 6.42 Å². The molecule has 0 saturated carbocycles. The number of thioether (sulfide) groups is 1. The Morgan fingerprint density at radius 2 is 2.46 bits per heavy atom. The van der Waals surface area contributed by atoms with Crippen molar-refractivity contribution in [3.05, 3.63) is 0 Å². The van der Waals surface area contributed by atoms with Crippen LogP contribution in [0.25, 0.3) is 0 Å². The van der Waals surface area contributed by atoms with E-state index < -0.39 is 0 Å². The highest BCUT2D eigenvalue weighted by atomic mass is 35.5. The first-order valence-corrected chi connectivity index (χ1v) is 6.68. The molecule has 0 N–H and O–H groups in total. The van der Waals surface area contributed by atoms with Gasteiger partial charge in [-0.25, -0.2) is 0 Å². The second kappa shape index (κ2) is 6.93. The summed E-state index contributed by atoms with van der Waals surface area (Å²) in [6.45, 7) is 4.12. The van der Waals surface area contributed by atoms with E-state index in [9.17, 15) is 0 Å². The maximum absolute atomic E-state index is 5.75. The molecule has 0 radical (unpaired) electrons. The van der Waals surface area contributed by atoms with Gasteiger partial charge in [0.15, 0.2) is 0 Å². The molecule has 1 aliphatic heterocycles. The van der Waals surface area contributed by atoms with Gasteiger partial charge in [0.25, 0.3) is 0 Å². The lowest BCUT2D eigenvalue weighted by Gasteiger charge is -2.31. The highest BCUT2D eigenvalue weighted by Gasteiger charge is 2.18. The predicted octanol–water partition coefficient (Wildman–Crippen LogP) is 1.68. The van der Waals surface area contributed by atoms with Crippen LogP contribution in [0, 0.1) is 0 Å². The van der Waals surface area contributed by atoms with Crippen molar-refractivity contribution in [1.29, 1.82) is 0 Å². The molecule has 1 fully saturated rings. The monoisotopic (exact) mass is 223 g/mol. The van der Waals surface area contributed by atoms with E-state index in [4.69, 9.17) is 16.3 Å². The Hall–Kier alpha value is 0.560. The van der Waals surface area contributed by atoms with Crippen molar-refractivity contribution in [2.24, 2.45) is 0 Å². The van der Waals surface area contributed by atoms with Crippen molar-refractivity contribution in [2.75, 3.05) is 44.1 Å². The molecule has 1 rings (SSSR count). The van der Waals surface area contributed by atoms with Crippen LogP contribution in [0.3, 0.4) is 0 Å². The van der Waals surface area contributed by atoms with Crippen molar-refractivity contribution >= 4 is 23.4 Å². The number of rotatable bonds is 5. The van der Waals surface area contributed by atoms with Crippen LogP contribution in [0.15, 0.2) is 0 Å². The Labute approximate surface area is 90.0 Å². The second-order valence-corrected chi connectivity index (χ2v) is 4.59. The summed E-state index contributed by atoms with van der Waals surface area (Å²) in [5.41, 5.74) is 0. The van der Waals surface area contributed by atoms with Gasteiger partial charge in [-0.3, -0.25) is 4.90 Å². The summed E-state index contributed by atoms with van der Waals surface area (Å²) >= 11 is 7.66. The molecule has 2 nitrogen and oxygen atoms in total. The number of hydrogen-bond donors (Lipinski definition) is 0. The van der Waals surface area contributed by atoms with E-state index in [1.807, 2.05) is 11.8 Å². The summed E-state index contributed by atoms with van der Waals surface area (Å²) in [6.07, 6.45) is 3.68. The Morgan fingerprint density at radius 3 is 3.15 bits per heavy atom. The standard InChI is InChI=1S/C9H18ClNOS/c1-13-6-2-3-11-4-5-12-9(7-10)8-11/h9H,2-8H2,1H3. The van der Waals surface area contributed by atoms with Gasteiger partial charge in [-0.2, -0.15) is 11.8 Å². The van der Waals surface area contributed by atoms with Crippen LogP contribution in [0.5, 0.6) is 0 Å². The summed E-state index contributed by atoms with van der Waals surface area (Å²) in [5, 5.41) is 0. The summed E-state index contributed by atoms with van der Waals surface area (Å²) in [6, 6.07) is 0. The van der Waals surface area contributed by atoms with Gasteiger partial charge in [0, 0.05) is 19.0 Å². The van der Waals surface area contributed by atoms with E-state index in [-0.39, 0.29) is 6.10 Å². The highest BCUT2D eigenvalue weighted by Crippen LogP contribution is 2.07. The van der Waals surface area contributed by atoms with E-state index in [0.717, 1.165) is 19.7 Å². The number of nitrogens with zero attached hydrogens (tertiary/aromatic N) is 1. The van der Waals surface area contributed by atoms with Crippen LogP contribution in [-0.4, -0.2) is 55.1 Å². The number of hydrogen-bond acceptors (Lipinski definition) is 3. The fourth-order valence-electron chi connectivity index (χ4n) is 1.51. The number of halogens is 1. The van der Waals surface area contributed by atoms with E-state index >= 15 is 0 Å². The zero-order valence-corrected chi connectivity index (χ0v) is 9.74. The van der Waals surface area contributed by atoms with E-state index in [0.29, 0.717) is 5.88 Å². The molecule has 1 heterocycles. The molecular formula is C9H18ClNOS. The van der Waals surface area contributed by atoms with Crippen molar-refractivity contribution < 1.29 is 4.74 Å². The smallest absolute Gasteiger partial charge is 0.0837 e. The Kier molecular flexibility index (Phi) is 6.20. The molecule has 0 aromatic rings. The molecule has 0 aromatic heterocycles. The second-order valence-electron chi connectivity index (χ2n) is 3.29. The third-order valence-corrected chi connectivity index (χ3v) is 3.26. The Bertz CT molecular complexity index is 137. The summed E-state index contributed by atoms with van der Waals surface area (Å²) in [5.74, 6) is 1.88. The van der Waals surface area contributed by atoms with E-state index in [2.05, 4.69) is 11.2 Å². The maximum Gasteiger partial charge on any atom is 0.0837 e. The molecule has 0 bridgehead atoms. The summed E-state index contributed by atoms with van der Waals surface area (Å²) in [4.78, 5) is 2.45. The van der Waals surface area contributed by atoms with Gasteiger partial charge in [-0.15, -0.1) is 11.6 Å². The molecular weight excluding hydrogens is 206 g/mol. The molecule has 13 heavy (non-hydrogen) atoms. The lowest BCUT2D eigenvalue weighted by atomic mass is 10.3. The van der Waals surface area contributed by atoms with E-state index in [1.165, 1.54) is 18.7 Å². The highest BCUT2D eigenvalue weighted by molar-refractivity contribution is 7.98. The zero-order chi connectivity index (χ0) is 9.52. The van der Waals surface area contributed by atoms with Gasteiger partial charge in [-0.1, -0.05) is 0 Å². The minimum atomic E-state index is 0.254. The molecule has 0 aromatic carbocycles. The average molecular weight is 224 g/mol. The molecule has 4 heteroatoms. The van der Waals surface area contributed by atoms with Crippen molar-refractivity contribution in [2.45, 2.75) is 12.5 Å². The number of alkyl halides is 1. The minimum Gasteiger partial charge on any atom is -0.374 e. The molecule has 1 saturated heterocycles. The largest absolute Gasteiger partial charge is 0.374 e. The van der Waals surface area contributed by atoms with Crippen LogP contribution >= 0.6 is 23.4 Å². The van der Waals surface area contributed by atoms with Crippen molar-refractivity contribution in [3.63, 3.8) is 0 Å². The fourth-order valence-corrected chi connectivity index (χ4v) is 2.11. The van der Waals surface area contributed by atoms with Gasteiger partial charge < -0.3 is 4.74 Å². The summed E-state index contributed by atoms with van der Waals surface area (Å²) < 4.78 is 5.48. The molecule has 1 unspecified atom stereocenters.